The molecule has 5 saturated heterocycles. The number of ketones is 1. The number of hydrogen-bond donors (Lipinski definition) is 15. The Morgan fingerprint density at radius 1 is 0.512 bits per heavy atom. The van der Waals surface area contributed by atoms with E-state index in [0.29, 0.717) is 56.9 Å². The molecule has 9 fully saturated rings. The third kappa shape index (κ3) is 10.8. The van der Waals surface area contributed by atoms with E-state index in [1.165, 1.54) is 6.92 Å². The summed E-state index contributed by atoms with van der Waals surface area (Å²) in [5, 5.41) is 162. The average molecular weight is 1240 g/mol. The van der Waals surface area contributed by atoms with Crippen molar-refractivity contribution in [2.45, 2.75) is 273 Å². The Labute approximate surface area is 499 Å². The molecule has 5 aliphatic heterocycles. The highest BCUT2D eigenvalue weighted by Gasteiger charge is 2.70. The fraction of sp³-hybridized carbons (Fsp3) is 0.932. The quantitative estimate of drug-likeness (QED) is 0.0637. The highest BCUT2D eigenvalue weighted by molar-refractivity contribution is 6.07. The van der Waals surface area contributed by atoms with Crippen LogP contribution in [0.15, 0.2) is 11.1 Å². The molecule has 4 saturated carbocycles. The van der Waals surface area contributed by atoms with Crippen molar-refractivity contribution >= 4 is 11.8 Å². The van der Waals surface area contributed by atoms with E-state index in [1.54, 1.807) is 0 Å². The standard InChI is InChI=1S/C59H94O27/c1-23-33(64)37(68)41(72)48(78-23)85-46-44(83-52-45(40(71)36(67)28(21-62)81-52)84-49-42(73)38(69)34(65)26(19-60)79-49)25(63)22-77-51(46)82-31-12-13-56(6)29(55(31,4)5)11-14-58(8)30(56)10-9-24-32-47(75)54(2,3)15-17-59(32,18-16-57(24,58)7)53(76)86-50-43(74)39(70)35(66)27(20-61)80-50/h23,25-31,33-46,48-52,60-74H,9-22H2,1-8H3/t23-,25-,26+,27+,28+,29-,30+,31-,33-,34+,35+,36+,37+,38-,39-,40-,41+,42+,43+,44-,45+,46+,48-,49-,50-,51-,52-,56-,57+,58+,59-/m0/s1. The first-order valence-corrected chi connectivity index (χ1v) is 30.6. The molecule has 0 bridgehead atoms. The molecule has 0 aromatic heterocycles. The van der Waals surface area contributed by atoms with Crippen molar-refractivity contribution < 1.29 is 134 Å². The predicted molar refractivity (Wildman–Crippen MR) is 288 cm³/mol. The summed E-state index contributed by atoms with van der Waals surface area (Å²) in [5.74, 6) is -0.820. The molecule has 86 heavy (non-hydrogen) atoms. The van der Waals surface area contributed by atoms with Crippen LogP contribution in [0.5, 0.6) is 0 Å². The van der Waals surface area contributed by atoms with Gasteiger partial charge >= 0.3 is 5.97 Å². The van der Waals surface area contributed by atoms with E-state index >= 15 is 4.79 Å². The Morgan fingerprint density at radius 2 is 1.03 bits per heavy atom. The number of aliphatic hydroxyl groups excluding tert-OH is 15. The van der Waals surface area contributed by atoms with Gasteiger partial charge in [-0.25, -0.2) is 0 Å². The fourth-order valence-corrected chi connectivity index (χ4v) is 17.4. The SMILES string of the molecule is C[C@@H]1O[C@@H](O[C@H]2[C@H](O[C@H]3CC[C@]4(C)[C@H]5CCC6=C7C(=O)C(C)(C)CC[C@]7(C(=O)O[C@@H]7O[C@H](CO)[C@@H](O)[C@H](O)[C@H]7O)CC[C@@]6(C)[C@]5(C)CC[C@H]4C3(C)C)OC[C@H](O)[C@@H]2O[C@@H]2O[C@H](CO)[C@@H](O)[C@H](O)[C@H]2O[C@@H]2O[C@H](CO)[C@@H](O)[C@H](O)[C@H]2O)[C@H](O)[C@H](O)[C@H]1O. The van der Waals surface area contributed by atoms with E-state index in [1.807, 2.05) is 13.8 Å². The molecule has 31 atom stereocenters. The van der Waals surface area contributed by atoms with E-state index in [2.05, 4.69) is 34.6 Å². The average Bonchev–Trinajstić information content (AvgIpc) is 0.698. The third-order valence-corrected chi connectivity index (χ3v) is 23.0. The van der Waals surface area contributed by atoms with Gasteiger partial charge < -0.3 is 124 Å². The zero-order valence-electron chi connectivity index (χ0n) is 50.1. The van der Waals surface area contributed by atoms with E-state index in [4.69, 9.17) is 47.4 Å². The van der Waals surface area contributed by atoms with Gasteiger partial charge in [0.05, 0.1) is 44.1 Å². The molecule has 27 heteroatoms. The summed E-state index contributed by atoms with van der Waals surface area (Å²) < 4.78 is 61.2. The van der Waals surface area contributed by atoms with Crippen LogP contribution in [-0.2, 0) is 57.0 Å². The number of ether oxygens (including phenoxy) is 10. The Balaban J connectivity index is 0.928. The minimum atomic E-state index is -1.99. The topological polar surface area (TPSA) is 430 Å². The molecule has 27 nitrogen and oxygen atoms in total. The molecule has 10 rings (SSSR count). The molecule has 0 unspecified atom stereocenters. The second-order valence-corrected chi connectivity index (χ2v) is 28.3. The van der Waals surface area contributed by atoms with Crippen molar-refractivity contribution in [3.63, 3.8) is 0 Å². The summed E-state index contributed by atoms with van der Waals surface area (Å²) in [7, 11) is 0. The van der Waals surface area contributed by atoms with Crippen molar-refractivity contribution in [1.29, 1.82) is 0 Å². The maximum Gasteiger partial charge on any atom is 0.319 e. The van der Waals surface area contributed by atoms with Crippen LogP contribution in [0.3, 0.4) is 0 Å². The first kappa shape index (κ1) is 66.8. The first-order chi connectivity index (χ1) is 40.3. The van der Waals surface area contributed by atoms with Crippen LogP contribution < -0.4 is 0 Å². The molecule has 0 aromatic rings. The van der Waals surface area contributed by atoms with Gasteiger partial charge in [0.1, 0.15) is 110 Å². The monoisotopic (exact) mass is 1230 g/mol. The maximum atomic E-state index is 15.1. The molecular formula is C59H94O27. The van der Waals surface area contributed by atoms with Gasteiger partial charge in [0, 0.05) is 11.0 Å². The van der Waals surface area contributed by atoms with Crippen molar-refractivity contribution in [2.24, 2.45) is 44.3 Å². The number of hydrogen-bond acceptors (Lipinski definition) is 27. The van der Waals surface area contributed by atoms with Crippen LogP contribution in [-0.4, -0.2) is 268 Å². The highest BCUT2D eigenvalue weighted by Crippen LogP contribution is 2.76. The van der Waals surface area contributed by atoms with Gasteiger partial charge in [-0.1, -0.05) is 54.0 Å². The van der Waals surface area contributed by atoms with Crippen molar-refractivity contribution in [3.8, 4) is 0 Å². The first-order valence-electron chi connectivity index (χ1n) is 30.6. The lowest BCUT2D eigenvalue weighted by Gasteiger charge is -2.71. The lowest BCUT2D eigenvalue weighted by Crippen LogP contribution is -2.67. The number of aliphatic hydroxyl groups is 15. The van der Waals surface area contributed by atoms with E-state index in [9.17, 15) is 81.4 Å². The molecule has 5 heterocycles. The van der Waals surface area contributed by atoms with Gasteiger partial charge in [-0.3, -0.25) is 9.59 Å². The second-order valence-electron chi connectivity index (χ2n) is 28.3. The van der Waals surface area contributed by atoms with Crippen LogP contribution in [0, 0.1) is 44.3 Å². The van der Waals surface area contributed by atoms with Gasteiger partial charge in [-0.15, -0.1) is 0 Å². The summed E-state index contributed by atoms with van der Waals surface area (Å²) in [4.78, 5) is 29.9. The van der Waals surface area contributed by atoms with Crippen LogP contribution in [0.4, 0.5) is 0 Å². The summed E-state index contributed by atoms with van der Waals surface area (Å²) in [6.07, 6.45) is -36.2. The third-order valence-electron chi connectivity index (χ3n) is 23.0. The Bertz CT molecular complexity index is 2460. The summed E-state index contributed by atoms with van der Waals surface area (Å²) in [6.45, 7) is 13.4. The van der Waals surface area contributed by atoms with Crippen LogP contribution in [0.2, 0.25) is 0 Å². The summed E-state index contributed by atoms with van der Waals surface area (Å²) >= 11 is 0. The Hall–Kier alpha value is -2.08. The van der Waals surface area contributed by atoms with Gasteiger partial charge in [-0.05, 0) is 105 Å². The van der Waals surface area contributed by atoms with Gasteiger partial charge in [-0.2, -0.15) is 0 Å². The molecule has 0 radical (unpaired) electrons. The summed E-state index contributed by atoms with van der Waals surface area (Å²) in [5.41, 5.74) is -2.77. The molecule has 0 amide bonds. The van der Waals surface area contributed by atoms with Crippen molar-refractivity contribution in [1.82, 2.24) is 0 Å². The van der Waals surface area contributed by atoms with E-state index < -0.39 is 213 Å². The zero-order chi connectivity index (χ0) is 62.9. The molecule has 492 valence electrons. The van der Waals surface area contributed by atoms with E-state index in [0.717, 1.165) is 12.0 Å². The second kappa shape index (κ2) is 24.4. The summed E-state index contributed by atoms with van der Waals surface area (Å²) in [6, 6.07) is 0. The number of esters is 1. The van der Waals surface area contributed by atoms with Gasteiger partial charge in [0.15, 0.2) is 30.9 Å². The minimum absolute atomic E-state index is 0.00283. The Morgan fingerprint density at radius 3 is 1.65 bits per heavy atom. The lowest BCUT2D eigenvalue weighted by molar-refractivity contribution is -0.401. The molecular weight excluding hydrogens is 1140 g/mol. The number of carbonyl (C=O) groups excluding carboxylic acids is 2. The zero-order valence-corrected chi connectivity index (χ0v) is 50.1. The molecule has 0 aromatic carbocycles. The van der Waals surface area contributed by atoms with Gasteiger partial charge in [0.2, 0.25) is 6.29 Å². The predicted octanol–water partition coefficient (Wildman–Crippen LogP) is -3.22. The number of Topliss-reactive ketones (excluding diaryl/α,β-unsaturated/α-hetero) is 1. The molecule has 0 spiro atoms. The highest BCUT2D eigenvalue weighted by atomic mass is 16.8. The fourth-order valence-electron chi connectivity index (χ4n) is 17.4. The number of carbonyl (C=O) groups is 2. The minimum Gasteiger partial charge on any atom is -0.432 e. The molecule has 5 aliphatic carbocycles. The van der Waals surface area contributed by atoms with E-state index in [-0.39, 0.29) is 29.5 Å². The number of allylic oxidation sites excluding steroid dienone is 1. The molecule has 10 aliphatic rings. The lowest BCUT2D eigenvalue weighted by atomic mass is 9.34. The molecule has 15 N–H and O–H groups in total. The number of rotatable bonds is 13. The van der Waals surface area contributed by atoms with Crippen LogP contribution in [0.1, 0.15) is 120 Å². The number of fused-ring (bicyclic) bond motifs is 6. The van der Waals surface area contributed by atoms with Crippen LogP contribution >= 0.6 is 0 Å². The van der Waals surface area contributed by atoms with Crippen molar-refractivity contribution in [3.05, 3.63) is 11.1 Å². The normalized spacial score (nSPS) is 52.9. The smallest absolute Gasteiger partial charge is 0.319 e. The maximum absolute atomic E-state index is 15.1. The largest absolute Gasteiger partial charge is 0.432 e. The van der Waals surface area contributed by atoms with Crippen molar-refractivity contribution in [2.75, 3.05) is 26.4 Å². The van der Waals surface area contributed by atoms with Crippen LogP contribution in [0.25, 0.3) is 0 Å². The van der Waals surface area contributed by atoms with Gasteiger partial charge in [0.25, 0.3) is 0 Å². The Kier molecular flexibility index (Phi) is 19.0.